The summed E-state index contributed by atoms with van der Waals surface area (Å²) in [6.07, 6.45) is 0. The van der Waals surface area contributed by atoms with Crippen molar-refractivity contribution in [2.45, 2.75) is 6.92 Å². The number of anilines is 1. The molecule has 0 unspecified atom stereocenters. The predicted octanol–water partition coefficient (Wildman–Crippen LogP) is 4.34. The molecular formula is C15H11N3O3S2. The Labute approximate surface area is 139 Å². The number of nitro benzene ring substituents is 1. The number of aromatic nitrogens is 1. The molecule has 23 heavy (non-hydrogen) atoms. The normalized spacial score (nSPS) is 10.5. The maximum Gasteiger partial charge on any atom is 0.272 e. The number of nitro groups is 1. The Morgan fingerprint density at radius 2 is 2.13 bits per heavy atom. The van der Waals surface area contributed by atoms with Crippen LogP contribution in [0.2, 0.25) is 0 Å². The first-order chi connectivity index (χ1) is 11.0. The molecule has 0 bridgehead atoms. The summed E-state index contributed by atoms with van der Waals surface area (Å²) in [4.78, 5) is 27.5. The number of amides is 1. The van der Waals surface area contributed by atoms with Gasteiger partial charge in [0.1, 0.15) is 0 Å². The molecule has 0 saturated carbocycles. The SMILES string of the molecule is Cc1ccc(-c2csc(NC(=O)c3cccs3)n2)cc1[N+](=O)[O-]. The number of nitrogens with one attached hydrogen (secondary N) is 1. The molecule has 3 aromatic rings. The summed E-state index contributed by atoms with van der Waals surface area (Å²) in [5.74, 6) is -0.212. The number of thiazole rings is 1. The van der Waals surface area contributed by atoms with Gasteiger partial charge < -0.3 is 0 Å². The van der Waals surface area contributed by atoms with E-state index in [1.807, 2.05) is 5.38 Å². The first-order valence-electron chi connectivity index (χ1n) is 6.60. The summed E-state index contributed by atoms with van der Waals surface area (Å²) in [6, 6.07) is 8.50. The van der Waals surface area contributed by atoms with Gasteiger partial charge in [-0.15, -0.1) is 22.7 Å². The predicted molar refractivity (Wildman–Crippen MR) is 91.2 cm³/mol. The standard InChI is InChI=1S/C15H11N3O3S2/c1-9-4-5-10(7-12(9)18(20)21)11-8-23-15(16-11)17-14(19)13-3-2-6-22-13/h2-8H,1H3,(H,16,17,19). The van der Waals surface area contributed by atoms with Crippen LogP contribution in [0.3, 0.4) is 0 Å². The van der Waals surface area contributed by atoms with Crippen LogP contribution in [-0.2, 0) is 0 Å². The fourth-order valence-corrected chi connectivity index (χ4v) is 3.33. The molecule has 8 heteroatoms. The second-order valence-corrected chi connectivity index (χ2v) is 6.53. The van der Waals surface area contributed by atoms with Crippen molar-refractivity contribution >= 4 is 39.4 Å². The number of nitrogens with zero attached hydrogens (tertiary/aromatic N) is 2. The van der Waals surface area contributed by atoms with Gasteiger partial charge in [-0.2, -0.15) is 0 Å². The number of hydrogen-bond donors (Lipinski definition) is 1. The Balaban J connectivity index is 1.83. The van der Waals surface area contributed by atoms with E-state index in [4.69, 9.17) is 0 Å². The van der Waals surface area contributed by atoms with Gasteiger partial charge in [0.2, 0.25) is 0 Å². The van der Waals surface area contributed by atoms with Gasteiger partial charge in [0.05, 0.1) is 15.5 Å². The van der Waals surface area contributed by atoms with E-state index in [-0.39, 0.29) is 11.6 Å². The molecule has 1 N–H and O–H groups in total. The molecule has 2 aromatic heterocycles. The number of carbonyl (C=O) groups is 1. The van der Waals surface area contributed by atoms with Gasteiger partial charge in [0.15, 0.2) is 5.13 Å². The molecule has 0 spiro atoms. The molecule has 0 saturated heterocycles. The van der Waals surface area contributed by atoms with E-state index in [0.29, 0.717) is 26.8 Å². The number of carbonyl (C=O) groups excluding carboxylic acids is 1. The third-order valence-electron chi connectivity index (χ3n) is 3.17. The molecular weight excluding hydrogens is 334 g/mol. The van der Waals surface area contributed by atoms with Crippen molar-refractivity contribution in [2.75, 3.05) is 5.32 Å². The van der Waals surface area contributed by atoms with E-state index < -0.39 is 4.92 Å². The summed E-state index contributed by atoms with van der Waals surface area (Å²) in [5, 5.41) is 17.8. The van der Waals surface area contributed by atoms with Crippen LogP contribution >= 0.6 is 22.7 Å². The molecule has 0 aliphatic carbocycles. The molecule has 6 nitrogen and oxygen atoms in total. The van der Waals surface area contributed by atoms with Crippen LogP contribution in [0.1, 0.15) is 15.2 Å². The van der Waals surface area contributed by atoms with Crippen molar-refractivity contribution in [1.29, 1.82) is 0 Å². The fourth-order valence-electron chi connectivity index (χ4n) is 2.00. The van der Waals surface area contributed by atoms with Gasteiger partial charge in [-0.1, -0.05) is 18.2 Å². The largest absolute Gasteiger partial charge is 0.297 e. The average Bonchev–Trinajstić information content (AvgIpc) is 3.18. The highest BCUT2D eigenvalue weighted by molar-refractivity contribution is 7.14. The highest BCUT2D eigenvalue weighted by atomic mass is 32.1. The Kier molecular flexibility index (Phi) is 4.18. The highest BCUT2D eigenvalue weighted by Gasteiger charge is 2.15. The van der Waals surface area contributed by atoms with E-state index >= 15 is 0 Å². The molecule has 1 aromatic carbocycles. The lowest BCUT2D eigenvalue weighted by molar-refractivity contribution is -0.385. The topological polar surface area (TPSA) is 85.1 Å². The van der Waals surface area contributed by atoms with Gasteiger partial charge in [-0.3, -0.25) is 20.2 Å². The minimum atomic E-state index is -0.412. The smallest absolute Gasteiger partial charge is 0.272 e. The quantitative estimate of drug-likeness (QED) is 0.563. The second-order valence-electron chi connectivity index (χ2n) is 4.73. The average molecular weight is 345 g/mol. The van der Waals surface area contributed by atoms with Crippen LogP contribution in [0.25, 0.3) is 11.3 Å². The minimum Gasteiger partial charge on any atom is -0.297 e. The Morgan fingerprint density at radius 3 is 2.83 bits per heavy atom. The zero-order valence-electron chi connectivity index (χ0n) is 12.0. The van der Waals surface area contributed by atoms with Crippen LogP contribution in [0, 0.1) is 17.0 Å². The molecule has 2 heterocycles. The summed E-state index contributed by atoms with van der Waals surface area (Å²) < 4.78 is 0. The molecule has 1 amide bonds. The van der Waals surface area contributed by atoms with E-state index in [1.165, 1.54) is 28.7 Å². The third kappa shape index (κ3) is 3.27. The van der Waals surface area contributed by atoms with Crippen molar-refractivity contribution in [3.05, 3.63) is 61.6 Å². The fraction of sp³-hybridized carbons (Fsp3) is 0.0667. The van der Waals surface area contributed by atoms with E-state index in [2.05, 4.69) is 10.3 Å². The minimum absolute atomic E-state index is 0.0553. The number of rotatable bonds is 4. The Morgan fingerprint density at radius 1 is 1.30 bits per heavy atom. The lowest BCUT2D eigenvalue weighted by Crippen LogP contribution is -2.09. The third-order valence-corrected chi connectivity index (χ3v) is 4.80. The Hall–Kier alpha value is -2.58. The number of aryl methyl sites for hydroxylation is 1. The van der Waals surface area contributed by atoms with Gasteiger partial charge in [0.25, 0.3) is 11.6 Å². The van der Waals surface area contributed by atoms with Gasteiger partial charge >= 0.3 is 0 Å². The van der Waals surface area contributed by atoms with Crippen LogP contribution in [0.5, 0.6) is 0 Å². The first-order valence-corrected chi connectivity index (χ1v) is 8.36. The molecule has 3 rings (SSSR count). The van der Waals surface area contributed by atoms with Crippen LogP contribution in [0.15, 0.2) is 41.1 Å². The first kappa shape index (κ1) is 15.3. The van der Waals surface area contributed by atoms with Crippen LogP contribution in [0.4, 0.5) is 10.8 Å². The molecule has 0 aliphatic rings. The molecule has 0 aliphatic heterocycles. The maximum atomic E-state index is 12.0. The lowest BCUT2D eigenvalue weighted by Gasteiger charge is -2.01. The summed E-state index contributed by atoms with van der Waals surface area (Å²) in [6.45, 7) is 1.69. The van der Waals surface area contributed by atoms with Gasteiger partial charge in [-0.05, 0) is 18.4 Å². The van der Waals surface area contributed by atoms with Crippen molar-refractivity contribution < 1.29 is 9.72 Å². The van der Waals surface area contributed by atoms with Crippen molar-refractivity contribution in [2.24, 2.45) is 0 Å². The monoisotopic (exact) mass is 345 g/mol. The molecule has 0 radical (unpaired) electrons. The number of benzene rings is 1. The van der Waals surface area contributed by atoms with Gasteiger partial charge in [0, 0.05) is 22.6 Å². The number of thiophene rings is 1. The van der Waals surface area contributed by atoms with Crippen molar-refractivity contribution in [1.82, 2.24) is 4.98 Å². The van der Waals surface area contributed by atoms with Crippen molar-refractivity contribution in [3.63, 3.8) is 0 Å². The van der Waals surface area contributed by atoms with E-state index in [9.17, 15) is 14.9 Å². The highest BCUT2D eigenvalue weighted by Crippen LogP contribution is 2.29. The van der Waals surface area contributed by atoms with E-state index in [1.54, 1.807) is 36.6 Å². The molecule has 116 valence electrons. The Bertz CT molecular complexity index is 872. The number of hydrogen-bond acceptors (Lipinski definition) is 6. The lowest BCUT2D eigenvalue weighted by atomic mass is 10.1. The van der Waals surface area contributed by atoms with Crippen molar-refractivity contribution in [3.8, 4) is 11.3 Å². The van der Waals surface area contributed by atoms with Gasteiger partial charge in [-0.25, -0.2) is 4.98 Å². The summed E-state index contributed by atoms with van der Waals surface area (Å²) >= 11 is 2.63. The molecule has 0 atom stereocenters. The summed E-state index contributed by atoms with van der Waals surface area (Å²) in [7, 11) is 0. The zero-order valence-corrected chi connectivity index (χ0v) is 13.6. The molecule has 0 fully saturated rings. The summed E-state index contributed by atoms with van der Waals surface area (Å²) in [5.41, 5.74) is 1.90. The van der Waals surface area contributed by atoms with E-state index in [0.717, 1.165) is 0 Å². The van der Waals surface area contributed by atoms with Crippen LogP contribution in [-0.4, -0.2) is 15.8 Å². The second kappa shape index (κ2) is 6.27. The maximum absolute atomic E-state index is 12.0. The van der Waals surface area contributed by atoms with Crippen LogP contribution < -0.4 is 5.32 Å². The zero-order chi connectivity index (χ0) is 16.4.